The van der Waals surface area contributed by atoms with E-state index in [0.717, 1.165) is 28.1 Å². The van der Waals surface area contributed by atoms with Gasteiger partial charge in [0.05, 0.1) is 53.4 Å². The van der Waals surface area contributed by atoms with E-state index < -0.39 is 15.8 Å². The Hall–Kier alpha value is -5.79. The Morgan fingerprint density at radius 2 is 1.68 bits per heavy atom. The van der Waals surface area contributed by atoms with Gasteiger partial charge in [0.2, 0.25) is 15.9 Å². The van der Waals surface area contributed by atoms with Crippen LogP contribution in [0.4, 0.5) is 10.1 Å². The molecular weight excluding hydrogens is 619 g/mol. The number of H-pyrrole nitrogens is 2. The lowest BCUT2D eigenvalue weighted by Gasteiger charge is -2.08. The number of sulfonamides is 1. The maximum atomic E-state index is 14.6. The van der Waals surface area contributed by atoms with Gasteiger partial charge >= 0.3 is 0 Å². The van der Waals surface area contributed by atoms with Gasteiger partial charge in [-0.25, -0.2) is 17.5 Å². The molecule has 4 N–H and O–H groups in total. The fourth-order valence-corrected chi connectivity index (χ4v) is 5.86. The second-order valence-corrected chi connectivity index (χ2v) is 12.9. The Morgan fingerprint density at radius 3 is 2.51 bits per heavy atom. The Balaban J connectivity index is 1.20. The summed E-state index contributed by atoms with van der Waals surface area (Å²) >= 11 is 0. The van der Waals surface area contributed by atoms with E-state index in [1.807, 2.05) is 54.6 Å². The molecule has 5 heterocycles. The minimum Gasteiger partial charge on any atom is -0.353 e. The summed E-state index contributed by atoms with van der Waals surface area (Å²) in [5, 5.41) is 12.0. The molecule has 11 nitrogen and oxygen atoms in total. The van der Waals surface area contributed by atoms with Crippen LogP contribution in [0.25, 0.3) is 55.7 Å². The summed E-state index contributed by atoms with van der Waals surface area (Å²) in [6.07, 6.45) is 7.89. The van der Waals surface area contributed by atoms with Crippen LogP contribution in [0.15, 0.2) is 97.6 Å². The van der Waals surface area contributed by atoms with Crippen LogP contribution in [-0.2, 0) is 27.8 Å². The van der Waals surface area contributed by atoms with E-state index in [-0.39, 0.29) is 18.9 Å². The number of hydrogen-bond donors (Lipinski definition) is 4. The summed E-state index contributed by atoms with van der Waals surface area (Å²) in [6, 6.07) is 21.3. The van der Waals surface area contributed by atoms with Crippen LogP contribution in [0.2, 0.25) is 0 Å². The van der Waals surface area contributed by atoms with Crippen molar-refractivity contribution in [1.29, 1.82) is 0 Å². The smallest absolute Gasteiger partial charge is 0.228 e. The number of aromatic amines is 2. The number of fused-ring (bicyclic) bond motifs is 2. The summed E-state index contributed by atoms with van der Waals surface area (Å²) in [7, 11) is -3.45. The van der Waals surface area contributed by atoms with Crippen molar-refractivity contribution in [3.05, 3.63) is 115 Å². The van der Waals surface area contributed by atoms with Gasteiger partial charge in [-0.2, -0.15) is 5.10 Å². The third-order valence-corrected chi connectivity index (χ3v) is 8.21. The number of carbonyl (C=O) groups is 1. The third kappa shape index (κ3) is 6.61. The lowest BCUT2D eigenvalue weighted by Crippen LogP contribution is -2.21. The van der Waals surface area contributed by atoms with Gasteiger partial charge in [-0.05, 0) is 53.6 Å². The number of rotatable bonds is 9. The second kappa shape index (κ2) is 12.2. The van der Waals surface area contributed by atoms with Crippen LogP contribution in [-0.4, -0.2) is 50.7 Å². The standard InChI is InChI=1S/C34H27FN8O3S/c1-47(45,46)39-16-21-9-22(12-24(35)10-21)33-26-15-30(41-28(26)7-8-37-33)34-27-14-29(38-19-31(27)42-43-34)23-13-25(18-36-17-23)40-32(44)11-20-5-3-2-4-6-20/h2-10,12-15,17-19,39,41H,11,16H2,1H3,(H,40,44)(H,42,43). The van der Waals surface area contributed by atoms with Gasteiger partial charge < -0.3 is 10.3 Å². The number of aromatic nitrogens is 6. The van der Waals surface area contributed by atoms with Crippen molar-refractivity contribution in [2.75, 3.05) is 11.6 Å². The molecule has 47 heavy (non-hydrogen) atoms. The monoisotopic (exact) mass is 646 g/mol. The summed E-state index contributed by atoms with van der Waals surface area (Å²) in [4.78, 5) is 29.5. The van der Waals surface area contributed by atoms with Crippen molar-refractivity contribution in [3.8, 4) is 33.9 Å². The zero-order valence-electron chi connectivity index (χ0n) is 25.0. The van der Waals surface area contributed by atoms with Crippen molar-refractivity contribution < 1.29 is 17.6 Å². The highest BCUT2D eigenvalue weighted by Gasteiger charge is 2.17. The third-order valence-electron chi connectivity index (χ3n) is 7.55. The molecule has 0 unspecified atom stereocenters. The van der Waals surface area contributed by atoms with Gasteiger partial charge in [-0.15, -0.1) is 0 Å². The molecule has 0 aliphatic carbocycles. The lowest BCUT2D eigenvalue weighted by molar-refractivity contribution is -0.115. The van der Waals surface area contributed by atoms with Gasteiger partial charge in [0.25, 0.3) is 0 Å². The molecule has 7 aromatic rings. The number of nitrogens with one attached hydrogen (secondary N) is 4. The molecule has 13 heteroatoms. The number of pyridine rings is 3. The number of hydrogen-bond acceptors (Lipinski definition) is 7. The summed E-state index contributed by atoms with van der Waals surface area (Å²) in [6.45, 7) is -0.0495. The van der Waals surface area contributed by atoms with Crippen molar-refractivity contribution in [2.45, 2.75) is 13.0 Å². The number of carbonyl (C=O) groups excluding carboxylic acids is 1. The number of amides is 1. The van der Waals surface area contributed by atoms with Crippen LogP contribution in [0.5, 0.6) is 0 Å². The highest BCUT2D eigenvalue weighted by atomic mass is 32.2. The quantitative estimate of drug-likeness (QED) is 0.159. The molecular formula is C34H27FN8O3S. The zero-order valence-corrected chi connectivity index (χ0v) is 25.8. The minimum atomic E-state index is -3.45. The number of benzene rings is 2. The first kappa shape index (κ1) is 29.9. The summed E-state index contributed by atoms with van der Waals surface area (Å²) in [5.41, 5.74) is 7.15. The normalized spacial score (nSPS) is 11.7. The highest BCUT2D eigenvalue weighted by Crippen LogP contribution is 2.34. The first-order chi connectivity index (χ1) is 22.7. The Morgan fingerprint density at radius 1 is 0.851 bits per heavy atom. The van der Waals surface area contributed by atoms with Crippen LogP contribution in [0.1, 0.15) is 11.1 Å². The molecule has 5 aromatic heterocycles. The average molecular weight is 647 g/mol. The molecule has 0 fully saturated rings. The molecule has 0 aliphatic heterocycles. The molecule has 0 atom stereocenters. The Bertz CT molecular complexity index is 2390. The van der Waals surface area contributed by atoms with Crippen molar-refractivity contribution in [3.63, 3.8) is 0 Å². The van der Waals surface area contributed by atoms with E-state index in [2.05, 4.69) is 40.2 Å². The fraction of sp³-hybridized carbons (Fsp3) is 0.0882. The fourth-order valence-electron chi connectivity index (χ4n) is 5.43. The van der Waals surface area contributed by atoms with Gasteiger partial charge in [0, 0.05) is 46.4 Å². The molecule has 7 rings (SSSR count). The van der Waals surface area contributed by atoms with Gasteiger partial charge in [-0.1, -0.05) is 30.3 Å². The number of anilines is 1. The van der Waals surface area contributed by atoms with Gasteiger partial charge in [0.1, 0.15) is 11.5 Å². The molecule has 0 spiro atoms. The first-order valence-electron chi connectivity index (χ1n) is 14.5. The maximum Gasteiger partial charge on any atom is 0.228 e. The van der Waals surface area contributed by atoms with E-state index in [0.29, 0.717) is 50.7 Å². The van der Waals surface area contributed by atoms with Crippen LogP contribution < -0.4 is 10.0 Å². The topological polar surface area (TPSA) is 158 Å². The van der Waals surface area contributed by atoms with E-state index in [4.69, 9.17) is 0 Å². The van der Waals surface area contributed by atoms with E-state index in [1.165, 1.54) is 12.1 Å². The number of nitrogens with zero attached hydrogens (tertiary/aromatic N) is 4. The highest BCUT2D eigenvalue weighted by molar-refractivity contribution is 7.88. The Kier molecular flexibility index (Phi) is 7.75. The van der Waals surface area contributed by atoms with Crippen LogP contribution in [0.3, 0.4) is 0 Å². The molecule has 234 valence electrons. The van der Waals surface area contributed by atoms with E-state index >= 15 is 0 Å². The molecule has 2 aromatic carbocycles. The van der Waals surface area contributed by atoms with E-state index in [9.17, 15) is 17.6 Å². The predicted molar refractivity (Wildman–Crippen MR) is 178 cm³/mol. The zero-order chi connectivity index (χ0) is 32.5. The SMILES string of the molecule is CS(=O)(=O)NCc1cc(F)cc(-c2nccc3[nH]c(-c4n[nH]c5cnc(-c6cncc(NC(=O)Cc7ccccc7)c6)cc45)cc23)c1. The van der Waals surface area contributed by atoms with Crippen LogP contribution >= 0.6 is 0 Å². The number of halogens is 1. The van der Waals surface area contributed by atoms with E-state index in [1.54, 1.807) is 30.9 Å². The minimum absolute atomic E-state index is 0.0495. The van der Waals surface area contributed by atoms with Crippen molar-refractivity contribution in [1.82, 2.24) is 34.9 Å². The summed E-state index contributed by atoms with van der Waals surface area (Å²) in [5.74, 6) is -0.654. The molecule has 1 amide bonds. The summed E-state index contributed by atoms with van der Waals surface area (Å²) < 4.78 is 40.2. The maximum absolute atomic E-state index is 14.6. The van der Waals surface area contributed by atoms with Crippen molar-refractivity contribution >= 4 is 43.4 Å². The molecule has 0 radical (unpaired) electrons. The molecule has 0 bridgehead atoms. The Labute approximate surface area is 268 Å². The van der Waals surface area contributed by atoms with Gasteiger partial charge in [0.15, 0.2) is 0 Å². The predicted octanol–water partition coefficient (Wildman–Crippen LogP) is 5.60. The molecule has 0 saturated heterocycles. The van der Waals surface area contributed by atoms with Crippen LogP contribution in [0, 0.1) is 5.82 Å². The molecule has 0 aliphatic rings. The molecule has 0 saturated carbocycles. The first-order valence-corrected chi connectivity index (χ1v) is 16.4. The van der Waals surface area contributed by atoms with Crippen molar-refractivity contribution in [2.24, 2.45) is 0 Å². The largest absolute Gasteiger partial charge is 0.353 e. The average Bonchev–Trinajstić information content (AvgIpc) is 3.68. The van der Waals surface area contributed by atoms with Gasteiger partial charge in [-0.3, -0.25) is 24.8 Å². The second-order valence-electron chi connectivity index (χ2n) is 11.1. The lowest BCUT2D eigenvalue weighted by atomic mass is 10.0.